The minimum Gasteiger partial charge on any atom is -0.350 e. The van der Waals surface area contributed by atoms with Crippen molar-refractivity contribution in [2.24, 2.45) is 0 Å². The Bertz CT molecular complexity index is 1020. The third-order valence-corrected chi connectivity index (χ3v) is 5.23. The molecule has 1 fully saturated rings. The summed E-state index contributed by atoms with van der Waals surface area (Å²) in [6.07, 6.45) is 7.85. The van der Waals surface area contributed by atoms with Gasteiger partial charge in [-0.05, 0) is 37.0 Å². The van der Waals surface area contributed by atoms with E-state index in [0.29, 0.717) is 6.61 Å². The van der Waals surface area contributed by atoms with Gasteiger partial charge >= 0.3 is 0 Å². The van der Waals surface area contributed by atoms with Crippen LogP contribution in [0.1, 0.15) is 36.2 Å². The van der Waals surface area contributed by atoms with Crippen LogP contribution in [0.3, 0.4) is 0 Å². The number of aromatic nitrogens is 2. The molecule has 0 saturated carbocycles. The van der Waals surface area contributed by atoms with Crippen LogP contribution >= 0.6 is 0 Å². The zero-order valence-electron chi connectivity index (χ0n) is 17.7. The molecule has 1 aliphatic heterocycles. The molecule has 1 saturated heterocycles. The lowest BCUT2D eigenvalue weighted by Crippen LogP contribution is -2.32. The maximum absolute atomic E-state index is 11.9. The highest BCUT2D eigenvalue weighted by molar-refractivity contribution is 5.90. The largest absolute Gasteiger partial charge is 0.350 e. The molecule has 2 heterocycles. The third-order valence-electron chi connectivity index (χ3n) is 5.23. The number of amides is 1. The molecule has 4 rings (SSSR count). The van der Waals surface area contributed by atoms with Crippen molar-refractivity contribution in [1.29, 1.82) is 0 Å². The summed E-state index contributed by atoms with van der Waals surface area (Å²) in [6.45, 7) is 3.43. The second-order valence-electron chi connectivity index (χ2n) is 7.62. The van der Waals surface area contributed by atoms with Crippen LogP contribution < -0.4 is 5.48 Å². The number of rotatable bonds is 7. The Balaban J connectivity index is 1.31. The molecule has 160 valence electrons. The fourth-order valence-corrected chi connectivity index (χ4v) is 3.48. The smallest absolute Gasteiger partial charge is 0.267 e. The highest BCUT2D eigenvalue weighted by Gasteiger charge is 2.15. The highest BCUT2D eigenvalue weighted by Crippen LogP contribution is 2.19. The van der Waals surface area contributed by atoms with E-state index in [1.165, 1.54) is 11.6 Å². The lowest BCUT2D eigenvalue weighted by Gasteiger charge is -2.21. The van der Waals surface area contributed by atoms with Crippen LogP contribution in [0.15, 0.2) is 66.9 Å². The minimum atomic E-state index is -0.348. The van der Waals surface area contributed by atoms with Gasteiger partial charge in [0, 0.05) is 37.4 Å². The number of imidazole rings is 1. The van der Waals surface area contributed by atoms with Gasteiger partial charge in [-0.1, -0.05) is 54.6 Å². The molecule has 1 unspecified atom stereocenters. The monoisotopic (exact) mass is 417 g/mol. The molecule has 2 aromatic carbocycles. The molecule has 0 radical (unpaired) electrons. The van der Waals surface area contributed by atoms with Crippen LogP contribution in [0, 0.1) is 6.92 Å². The van der Waals surface area contributed by atoms with E-state index in [1.807, 2.05) is 37.3 Å². The maximum atomic E-state index is 11.9. The first-order valence-corrected chi connectivity index (χ1v) is 10.6. The van der Waals surface area contributed by atoms with E-state index < -0.39 is 0 Å². The van der Waals surface area contributed by atoms with E-state index in [4.69, 9.17) is 9.57 Å². The van der Waals surface area contributed by atoms with Crippen LogP contribution in [0.5, 0.6) is 0 Å². The summed E-state index contributed by atoms with van der Waals surface area (Å²) in [5.74, 6) is 0.669. The normalized spacial score (nSPS) is 16.5. The SMILES string of the molecule is Cc1nc(-c2ccccc2)cn1Cc1ccc(/C=C/C(=O)NOC2CCCCO2)cc1. The van der Waals surface area contributed by atoms with E-state index in [9.17, 15) is 4.79 Å². The van der Waals surface area contributed by atoms with Gasteiger partial charge in [0.1, 0.15) is 5.82 Å². The number of carbonyl (C=O) groups excluding carboxylic acids is 1. The number of aryl methyl sites for hydroxylation is 1. The quantitative estimate of drug-likeness (QED) is 0.454. The molecule has 3 aromatic rings. The van der Waals surface area contributed by atoms with E-state index in [1.54, 1.807) is 6.08 Å². The first-order chi connectivity index (χ1) is 15.2. The molecule has 1 amide bonds. The molecular weight excluding hydrogens is 390 g/mol. The van der Waals surface area contributed by atoms with Crippen molar-refractivity contribution < 1.29 is 14.4 Å². The van der Waals surface area contributed by atoms with E-state index >= 15 is 0 Å². The number of carbonyl (C=O) groups is 1. The Morgan fingerprint density at radius 3 is 2.74 bits per heavy atom. The van der Waals surface area contributed by atoms with Gasteiger partial charge in [-0.25, -0.2) is 15.3 Å². The Hall–Kier alpha value is -3.22. The Morgan fingerprint density at radius 1 is 1.19 bits per heavy atom. The predicted octanol–water partition coefficient (Wildman–Crippen LogP) is 4.49. The van der Waals surface area contributed by atoms with E-state index in [-0.39, 0.29) is 12.2 Å². The second kappa shape index (κ2) is 10.2. The molecular formula is C25H27N3O3. The summed E-state index contributed by atoms with van der Waals surface area (Å²) in [5, 5.41) is 0. The zero-order valence-corrected chi connectivity index (χ0v) is 17.7. The van der Waals surface area contributed by atoms with Gasteiger partial charge in [0.05, 0.1) is 5.69 Å². The fraction of sp³-hybridized carbons (Fsp3) is 0.280. The molecule has 6 nitrogen and oxygen atoms in total. The van der Waals surface area contributed by atoms with Crippen molar-refractivity contribution in [2.45, 2.75) is 39.0 Å². The van der Waals surface area contributed by atoms with Crippen molar-refractivity contribution in [3.63, 3.8) is 0 Å². The summed E-state index contributed by atoms with van der Waals surface area (Å²) >= 11 is 0. The summed E-state index contributed by atoms with van der Waals surface area (Å²) in [4.78, 5) is 21.9. The van der Waals surface area contributed by atoms with Crippen molar-refractivity contribution in [3.05, 3.63) is 83.8 Å². The first-order valence-electron chi connectivity index (χ1n) is 10.6. The Morgan fingerprint density at radius 2 is 2.00 bits per heavy atom. The molecule has 0 bridgehead atoms. The van der Waals surface area contributed by atoms with Gasteiger partial charge < -0.3 is 9.30 Å². The van der Waals surface area contributed by atoms with Crippen molar-refractivity contribution >= 4 is 12.0 Å². The van der Waals surface area contributed by atoms with Gasteiger partial charge in [-0.3, -0.25) is 4.79 Å². The van der Waals surface area contributed by atoms with Crippen LogP contribution in [0.2, 0.25) is 0 Å². The molecule has 0 spiro atoms. The number of hydroxylamine groups is 1. The number of nitrogens with zero attached hydrogens (tertiary/aromatic N) is 2. The lowest BCUT2D eigenvalue weighted by molar-refractivity contribution is -0.198. The van der Waals surface area contributed by atoms with Gasteiger partial charge in [0.15, 0.2) is 6.29 Å². The highest BCUT2D eigenvalue weighted by atomic mass is 16.8. The maximum Gasteiger partial charge on any atom is 0.267 e. The summed E-state index contributed by atoms with van der Waals surface area (Å²) < 4.78 is 7.56. The number of benzene rings is 2. The summed E-state index contributed by atoms with van der Waals surface area (Å²) in [7, 11) is 0. The lowest BCUT2D eigenvalue weighted by atomic mass is 10.1. The average molecular weight is 418 g/mol. The molecule has 6 heteroatoms. The first kappa shape index (κ1) is 21.0. The molecule has 31 heavy (non-hydrogen) atoms. The summed E-state index contributed by atoms with van der Waals surface area (Å²) in [5.41, 5.74) is 6.63. The van der Waals surface area contributed by atoms with Gasteiger partial charge in [0.25, 0.3) is 5.91 Å². The average Bonchev–Trinajstić information content (AvgIpc) is 3.18. The van der Waals surface area contributed by atoms with Crippen LogP contribution in [0.25, 0.3) is 17.3 Å². The van der Waals surface area contributed by atoms with Crippen molar-refractivity contribution in [1.82, 2.24) is 15.0 Å². The Labute approximate surface area is 182 Å². The topological polar surface area (TPSA) is 65.4 Å². The number of hydrogen-bond donors (Lipinski definition) is 1. The summed E-state index contributed by atoms with van der Waals surface area (Å²) in [6, 6.07) is 18.3. The molecule has 0 aliphatic carbocycles. The van der Waals surface area contributed by atoms with Gasteiger partial charge in [-0.2, -0.15) is 0 Å². The van der Waals surface area contributed by atoms with Crippen molar-refractivity contribution in [2.75, 3.05) is 6.61 Å². The van der Waals surface area contributed by atoms with Crippen molar-refractivity contribution in [3.8, 4) is 11.3 Å². The minimum absolute atomic E-state index is 0.305. The van der Waals surface area contributed by atoms with Crippen LogP contribution in [-0.4, -0.2) is 28.4 Å². The fourth-order valence-electron chi connectivity index (χ4n) is 3.48. The molecule has 1 aliphatic rings. The second-order valence-corrected chi connectivity index (χ2v) is 7.62. The zero-order chi connectivity index (χ0) is 21.5. The van der Waals surface area contributed by atoms with Crippen LogP contribution in [-0.2, 0) is 20.9 Å². The number of hydrogen-bond acceptors (Lipinski definition) is 4. The molecule has 1 aromatic heterocycles. The standard InChI is InChI=1S/C25H27N3O3/c1-19-26-23(22-7-3-2-4-8-22)18-28(19)17-21-12-10-20(11-13-21)14-15-24(29)27-31-25-9-5-6-16-30-25/h2-4,7-8,10-15,18,25H,5-6,9,16-17H2,1H3,(H,27,29)/b15-14+. The van der Waals surface area contributed by atoms with Gasteiger partial charge in [-0.15, -0.1) is 0 Å². The molecule has 1 N–H and O–H groups in total. The predicted molar refractivity (Wildman–Crippen MR) is 120 cm³/mol. The Kier molecular flexibility index (Phi) is 6.92. The van der Waals surface area contributed by atoms with Crippen LogP contribution in [0.4, 0.5) is 0 Å². The molecule has 1 atom stereocenters. The third kappa shape index (κ3) is 5.90. The number of nitrogens with one attached hydrogen (secondary N) is 1. The van der Waals surface area contributed by atoms with E-state index in [2.05, 4.69) is 45.5 Å². The van der Waals surface area contributed by atoms with Gasteiger partial charge in [0.2, 0.25) is 0 Å². The van der Waals surface area contributed by atoms with E-state index in [0.717, 1.165) is 48.5 Å². The number of ether oxygens (including phenoxy) is 1.